The van der Waals surface area contributed by atoms with Crippen LogP contribution in [0, 0.1) is 0 Å². The molecule has 0 aliphatic carbocycles. The fourth-order valence-corrected chi connectivity index (χ4v) is 1.89. The van der Waals surface area contributed by atoms with Crippen LogP contribution >= 0.6 is 0 Å². The molecule has 1 aliphatic rings. The van der Waals surface area contributed by atoms with Crippen LogP contribution in [0.25, 0.3) is 0 Å². The van der Waals surface area contributed by atoms with Crippen molar-refractivity contribution in [2.75, 3.05) is 32.9 Å². The third-order valence-electron chi connectivity index (χ3n) is 2.90. The summed E-state index contributed by atoms with van der Waals surface area (Å²) in [6.45, 7) is 6.61. The van der Waals surface area contributed by atoms with Gasteiger partial charge in [-0.2, -0.15) is 0 Å². The maximum Gasteiger partial charge on any atom is 0.119 e. The summed E-state index contributed by atoms with van der Waals surface area (Å²) < 4.78 is 11.1. The molecular weight excluding hydrogens is 202 g/mol. The zero-order chi connectivity index (χ0) is 11.2. The minimum atomic E-state index is 0.508. The minimum Gasteiger partial charge on any atom is -0.492 e. The number of morpholine rings is 1. The van der Waals surface area contributed by atoms with Crippen LogP contribution in [0.3, 0.4) is 0 Å². The van der Waals surface area contributed by atoms with Crippen LogP contribution < -0.4 is 4.74 Å². The lowest BCUT2D eigenvalue weighted by atomic mass is 10.2. The Morgan fingerprint density at radius 1 is 1.38 bits per heavy atom. The van der Waals surface area contributed by atoms with E-state index in [0.29, 0.717) is 6.04 Å². The van der Waals surface area contributed by atoms with Crippen molar-refractivity contribution >= 4 is 0 Å². The molecule has 3 nitrogen and oxygen atoms in total. The molecule has 0 spiro atoms. The largest absolute Gasteiger partial charge is 0.492 e. The molecule has 3 heteroatoms. The Balaban J connectivity index is 1.71. The summed E-state index contributed by atoms with van der Waals surface area (Å²) in [6, 6.07) is 10.5. The van der Waals surface area contributed by atoms with E-state index in [1.807, 2.05) is 30.3 Å². The minimum absolute atomic E-state index is 0.508. The molecule has 2 rings (SSSR count). The highest BCUT2D eigenvalue weighted by atomic mass is 16.5. The second-order valence-corrected chi connectivity index (χ2v) is 4.12. The first-order valence-electron chi connectivity index (χ1n) is 5.86. The van der Waals surface area contributed by atoms with Crippen molar-refractivity contribution < 1.29 is 9.47 Å². The molecular formula is C13H19NO2. The number of hydrogen-bond acceptors (Lipinski definition) is 3. The number of benzene rings is 1. The van der Waals surface area contributed by atoms with Crippen LogP contribution in [0.4, 0.5) is 0 Å². The van der Waals surface area contributed by atoms with Gasteiger partial charge >= 0.3 is 0 Å². The molecule has 0 aromatic heterocycles. The molecule has 1 aliphatic heterocycles. The van der Waals surface area contributed by atoms with Crippen LogP contribution in [0.5, 0.6) is 5.75 Å². The summed E-state index contributed by atoms with van der Waals surface area (Å²) >= 11 is 0. The quantitative estimate of drug-likeness (QED) is 0.773. The van der Waals surface area contributed by atoms with E-state index >= 15 is 0 Å². The fourth-order valence-electron chi connectivity index (χ4n) is 1.89. The van der Waals surface area contributed by atoms with Crippen molar-refractivity contribution in [1.82, 2.24) is 4.90 Å². The maximum absolute atomic E-state index is 5.67. The monoisotopic (exact) mass is 221 g/mol. The first-order chi connectivity index (χ1) is 7.86. The van der Waals surface area contributed by atoms with Crippen LogP contribution in [-0.2, 0) is 4.74 Å². The summed E-state index contributed by atoms with van der Waals surface area (Å²) in [4.78, 5) is 2.41. The molecule has 1 saturated heterocycles. The van der Waals surface area contributed by atoms with Gasteiger partial charge in [-0.3, -0.25) is 4.90 Å². The Morgan fingerprint density at radius 2 is 2.19 bits per heavy atom. The molecule has 0 N–H and O–H groups in total. The average Bonchev–Trinajstić information content (AvgIpc) is 2.33. The van der Waals surface area contributed by atoms with Gasteiger partial charge in [0.2, 0.25) is 0 Å². The first-order valence-corrected chi connectivity index (χ1v) is 5.86. The maximum atomic E-state index is 5.67. The van der Waals surface area contributed by atoms with Crippen LogP contribution in [-0.4, -0.2) is 43.9 Å². The topological polar surface area (TPSA) is 21.7 Å². The zero-order valence-electron chi connectivity index (χ0n) is 9.76. The van der Waals surface area contributed by atoms with E-state index in [1.165, 1.54) is 0 Å². The van der Waals surface area contributed by atoms with Crippen LogP contribution in [0.2, 0.25) is 0 Å². The van der Waals surface area contributed by atoms with Gasteiger partial charge in [0.25, 0.3) is 0 Å². The van der Waals surface area contributed by atoms with Gasteiger partial charge < -0.3 is 9.47 Å². The number of rotatable bonds is 4. The highest BCUT2D eigenvalue weighted by Gasteiger charge is 2.17. The zero-order valence-corrected chi connectivity index (χ0v) is 9.76. The van der Waals surface area contributed by atoms with Crippen molar-refractivity contribution in [3.8, 4) is 5.75 Å². The number of hydrogen-bond donors (Lipinski definition) is 0. The van der Waals surface area contributed by atoms with Crippen LogP contribution in [0.1, 0.15) is 6.92 Å². The molecule has 1 aromatic carbocycles. The molecule has 0 radical (unpaired) electrons. The molecule has 0 unspecified atom stereocenters. The number of nitrogens with zero attached hydrogens (tertiary/aromatic N) is 1. The Labute approximate surface area is 97.0 Å². The van der Waals surface area contributed by atoms with Gasteiger partial charge in [0.1, 0.15) is 12.4 Å². The smallest absolute Gasteiger partial charge is 0.119 e. The van der Waals surface area contributed by atoms with Gasteiger partial charge in [-0.25, -0.2) is 0 Å². The normalized spacial score (nSPS) is 21.9. The van der Waals surface area contributed by atoms with Crippen molar-refractivity contribution in [3.05, 3.63) is 30.3 Å². The number of ether oxygens (including phenoxy) is 2. The Hall–Kier alpha value is -1.06. The molecule has 1 atom stereocenters. The highest BCUT2D eigenvalue weighted by Crippen LogP contribution is 2.09. The second-order valence-electron chi connectivity index (χ2n) is 4.12. The highest BCUT2D eigenvalue weighted by molar-refractivity contribution is 5.20. The predicted octanol–water partition coefficient (Wildman–Crippen LogP) is 1.79. The molecule has 1 heterocycles. The average molecular weight is 221 g/mol. The van der Waals surface area contributed by atoms with E-state index in [2.05, 4.69) is 11.8 Å². The Bertz CT molecular complexity index is 302. The lowest BCUT2D eigenvalue weighted by Crippen LogP contribution is -2.45. The predicted molar refractivity (Wildman–Crippen MR) is 63.8 cm³/mol. The van der Waals surface area contributed by atoms with Gasteiger partial charge in [0.15, 0.2) is 0 Å². The first kappa shape index (κ1) is 11.4. The Kier molecular flexibility index (Phi) is 4.19. The van der Waals surface area contributed by atoms with Gasteiger partial charge in [-0.1, -0.05) is 18.2 Å². The summed E-state index contributed by atoms with van der Waals surface area (Å²) in [7, 11) is 0. The lowest BCUT2D eigenvalue weighted by molar-refractivity contribution is -0.00514. The molecule has 16 heavy (non-hydrogen) atoms. The number of para-hydroxylation sites is 1. The SMILES string of the molecule is C[C@@H]1COCCN1CCOc1ccccc1. The van der Waals surface area contributed by atoms with Crippen molar-refractivity contribution in [3.63, 3.8) is 0 Å². The fraction of sp³-hybridized carbons (Fsp3) is 0.538. The van der Waals surface area contributed by atoms with E-state index in [1.54, 1.807) is 0 Å². The third kappa shape index (κ3) is 3.22. The van der Waals surface area contributed by atoms with Crippen molar-refractivity contribution in [1.29, 1.82) is 0 Å². The summed E-state index contributed by atoms with van der Waals surface area (Å²) in [5.74, 6) is 0.948. The molecule has 1 fully saturated rings. The van der Waals surface area contributed by atoms with E-state index in [-0.39, 0.29) is 0 Å². The van der Waals surface area contributed by atoms with Gasteiger partial charge in [-0.15, -0.1) is 0 Å². The third-order valence-corrected chi connectivity index (χ3v) is 2.90. The molecule has 0 bridgehead atoms. The molecule has 88 valence electrons. The summed E-state index contributed by atoms with van der Waals surface area (Å²) in [6.07, 6.45) is 0. The van der Waals surface area contributed by atoms with Crippen LogP contribution in [0.15, 0.2) is 30.3 Å². The van der Waals surface area contributed by atoms with E-state index in [0.717, 1.165) is 38.7 Å². The van der Waals surface area contributed by atoms with E-state index in [4.69, 9.17) is 9.47 Å². The Morgan fingerprint density at radius 3 is 2.94 bits per heavy atom. The standard InChI is InChI=1S/C13H19NO2/c1-12-11-15-9-7-14(12)8-10-16-13-5-3-2-4-6-13/h2-6,12H,7-11H2,1H3/t12-/m1/s1. The van der Waals surface area contributed by atoms with E-state index in [9.17, 15) is 0 Å². The van der Waals surface area contributed by atoms with Crippen molar-refractivity contribution in [2.45, 2.75) is 13.0 Å². The van der Waals surface area contributed by atoms with Gasteiger partial charge in [0, 0.05) is 19.1 Å². The van der Waals surface area contributed by atoms with E-state index < -0.39 is 0 Å². The van der Waals surface area contributed by atoms with Gasteiger partial charge in [-0.05, 0) is 19.1 Å². The molecule has 1 aromatic rings. The summed E-state index contributed by atoms with van der Waals surface area (Å²) in [5, 5.41) is 0. The van der Waals surface area contributed by atoms with Crippen molar-refractivity contribution in [2.24, 2.45) is 0 Å². The second kappa shape index (κ2) is 5.87. The molecule has 0 saturated carbocycles. The lowest BCUT2D eigenvalue weighted by Gasteiger charge is -2.32. The molecule has 0 amide bonds. The van der Waals surface area contributed by atoms with Gasteiger partial charge in [0.05, 0.1) is 13.2 Å². The summed E-state index contributed by atoms with van der Waals surface area (Å²) in [5.41, 5.74) is 0.